The molecule has 3 aromatic rings. The molecule has 0 amide bonds. The van der Waals surface area contributed by atoms with Gasteiger partial charge in [0.25, 0.3) is 0 Å². The van der Waals surface area contributed by atoms with Gasteiger partial charge in [-0.1, -0.05) is 12.1 Å². The van der Waals surface area contributed by atoms with Crippen molar-refractivity contribution in [2.24, 2.45) is 0 Å². The number of nitrogens with zero attached hydrogens (tertiary/aromatic N) is 3. The fraction of sp³-hybridized carbons (Fsp3) is 0.368. The number of halogens is 4. The van der Waals surface area contributed by atoms with E-state index in [0.29, 0.717) is 24.5 Å². The first kappa shape index (κ1) is 18.8. The van der Waals surface area contributed by atoms with Gasteiger partial charge in [0.15, 0.2) is 0 Å². The molecular formula is C19H18F4N4O. The van der Waals surface area contributed by atoms with Crippen molar-refractivity contribution < 1.29 is 22.3 Å². The molecule has 4 rings (SSSR count). The van der Waals surface area contributed by atoms with Crippen LogP contribution < -0.4 is 0 Å². The number of hydrogen-bond acceptors (Lipinski definition) is 4. The van der Waals surface area contributed by atoms with Gasteiger partial charge >= 0.3 is 6.18 Å². The Bertz CT molecular complexity index is 908. The Morgan fingerprint density at radius 1 is 1.14 bits per heavy atom. The maximum absolute atomic E-state index is 14.3. The maximum atomic E-state index is 14.3. The lowest BCUT2D eigenvalue weighted by molar-refractivity contribution is -0.137. The van der Waals surface area contributed by atoms with Crippen molar-refractivity contribution in [3.05, 3.63) is 59.7 Å². The summed E-state index contributed by atoms with van der Waals surface area (Å²) in [4.78, 5) is 13.3. The van der Waals surface area contributed by atoms with Crippen LogP contribution >= 0.6 is 0 Å². The van der Waals surface area contributed by atoms with Gasteiger partial charge in [-0.2, -0.15) is 13.2 Å². The summed E-state index contributed by atoms with van der Waals surface area (Å²) in [5, 5.41) is 0. The molecule has 148 valence electrons. The predicted molar refractivity (Wildman–Crippen MR) is 94.1 cm³/mol. The van der Waals surface area contributed by atoms with Crippen LogP contribution in [0.2, 0.25) is 0 Å². The van der Waals surface area contributed by atoms with Crippen molar-refractivity contribution in [3.8, 4) is 0 Å². The molecule has 9 heteroatoms. The van der Waals surface area contributed by atoms with E-state index in [-0.39, 0.29) is 13.2 Å². The molecule has 1 aliphatic rings. The highest BCUT2D eigenvalue weighted by atomic mass is 19.4. The van der Waals surface area contributed by atoms with E-state index in [1.54, 1.807) is 18.5 Å². The van der Waals surface area contributed by atoms with Crippen molar-refractivity contribution in [1.29, 1.82) is 0 Å². The van der Waals surface area contributed by atoms with Crippen LogP contribution in [-0.2, 0) is 24.1 Å². The zero-order valence-corrected chi connectivity index (χ0v) is 14.8. The Morgan fingerprint density at radius 3 is 2.64 bits per heavy atom. The van der Waals surface area contributed by atoms with Crippen LogP contribution in [0.1, 0.15) is 17.0 Å². The number of imidazole rings is 1. The van der Waals surface area contributed by atoms with Gasteiger partial charge < -0.3 is 9.72 Å². The first-order chi connectivity index (χ1) is 13.4. The second-order valence-corrected chi connectivity index (χ2v) is 6.83. The van der Waals surface area contributed by atoms with Crippen LogP contribution in [0.15, 0.2) is 42.7 Å². The molecule has 1 fully saturated rings. The molecule has 5 nitrogen and oxygen atoms in total. The highest BCUT2D eigenvalue weighted by Gasteiger charge is 2.34. The summed E-state index contributed by atoms with van der Waals surface area (Å²) in [6, 6.07) is 6.71. The fourth-order valence-electron chi connectivity index (χ4n) is 3.32. The molecule has 0 bridgehead atoms. The first-order valence-corrected chi connectivity index (χ1v) is 8.81. The number of aromatic amines is 1. The summed E-state index contributed by atoms with van der Waals surface area (Å²) < 4.78 is 57.9. The van der Waals surface area contributed by atoms with Gasteiger partial charge in [0.05, 0.1) is 22.8 Å². The molecule has 0 saturated carbocycles. The van der Waals surface area contributed by atoms with Gasteiger partial charge in [-0.15, -0.1) is 0 Å². The van der Waals surface area contributed by atoms with Gasteiger partial charge in [0, 0.05) is 25.8 Å². The van der Waals surface area contributed by atoms with Crippen molar-refractivity contribution in [2.75, 3.05) is 13.1 Å². The number of hydrogen-bond donors (Lipinski definition) is 1. The number of rotatable bonds is 5. The Morgan fingerprint density at radius 2 is 1.93 bits per heavy atom. The van der Waals surface area contributed by atoms with E-state index in [2.05, 4.69) is 15.0 Å². The number of fused-ring (bicyclic) bond motifs is 1. The first-order valence-electron chi connectivity index (χ1n) is 8.81. The number of benzene rings is 1. The Balaban J connectivity index is 1.32. The van der Waals surface area contributed by atoms with E-state index in [9.17, 15) is 17.6 Å². The summed E-state index contributed by atoms with van der Waals surface area (Å²) in [6.07, 6.45) is -2.84. The number of alkyl halides is 4. The van der Waals surface area contributed by atoms with Crippen LogP contribution in [0.3, 0.4) is 0 Å². The van der Waals surface area contributed by atoms with Crippen molar-refractivity contribution >= 4 is 11.0 Å². The van der Waals surface area contributed by atoms with Crippen LogP contribution in [0.4, 0.5) is 17.6 Å². The molecule has 1 aromatic carbocycles. The molecule has 2 aromatic heterocycles. The highest BCUT2D eigenvalue weighted by molar-refractivity contribution is 5.73. The smallest absolute Gasteiger partial charge is 0.366 e. The number of H-pyrrole nitrogens is 1. The lowest BCUT2D eigenvalue weighted by atomic mass is 10.1. The number of likely N-dealkylation sites (tertiary alicyclic amines) is 1. The summed E-state index contributed by atoms with van der Waals surface area (Å²) in [5.74, 6) is 0.594. The second kappa shape index (κ2) is 7.48. The molecule has 28 heavy (non-hydrogen) atoms. The second-order valence-electron chi connectivity index (χ2n) is 6.83. The van der Waals surface area contributed by atoms with Crippen LogP contribution in [0.25, 0.3) is 11.0 Å². The number of ether oxygens (including phenoxy) is 1. The zero-order chi connectivity index (χ0) is 19.7. The summed E-state index contributed by atoms with van der Waals surface area (Å²) in [5.41, 5.74) is 1.56. The van der Waals surface area contributed by atoms with Crippen LogP contribution in [0, 0.1) is 0 Å². The Kier molecular flexibility index (Phi) is 5.03. The third kappa shape index (κ3) is 4.15. The average Bonchev–Trinajstić information content (AvgIpc) is 3.22. The van der Waals surface area contributed by atoms with E-state index in [0.717, 1.165) is 23.2 Å². The summed E-state index contributed by atoms with van der Waals surface area (Å²) in [7, 11) is 0. The largest absolute Gasteiger partial charge is 0.416 e. The normalized spacial score (nSPS) is 20.9. The molecule has 0 spiro atoms. The Labute approximate surface area is 158 Å². The van der Waals surface area contributed by atoms with Crippen LogP contribution in [0.5, 0.6) is 0 Å². The third-order valence-electron chi connectivity index (χ3n) is 4.73. The van der Waals surface area contributed by atoms with E-state index in [1.807, 2.05) is 4.90 Å². The van der Waals surface area contributed by atoms with E-state index in [4.69, 9.17) is 4.74 Å². The van der Waals surface area contributed by atoms with Crippen molar-refractivity contribution in [1.82, 2.24) is 19.9 Å². The lowest BCUT2D eigenvalue weighted by Gasteiger charge is -2.16. The van der Waals surface area contributed by atoms with E-state index >= 15 is 0 Å². The Hall–Kier alpha value is -2.52. The highest BCUT2D eigenvalue weighted by Crippen LogP contribution is 2.29. The molecular weight excluding hydrogens is 376 g/mol. The maximum Gasteiger partial charge on any atom is 0.416 e. The molecule has 0 unspecified atom stereocenters. The van der Waals surface area contributed by atoms with Crippen molar-refractivity contribution in [3.63, 3.8) is 0 Å². The molecule has 1 N–H and O–H groups in total. The van der Waals surface area contributed by atoms with Gasteiger partial charge in [-0.3, -0.25) is 9.88 Å². The number of aromatic nitrogens is 3. The zero-order valence-electron chi connectivity index (χ0n) is 14.8. The van der Waals surface area contributed by atoms with Gasteiger partial charge in [0.1, 0.15) is 24.7 Å². The summed E-state index contributed by atoms with van der Waals surface area (Å²) in [6.45, 7) is 1.06. The molecule has 2 atom stereocenters. The molecule has 1 aliphatic heterocycles. The van der Waals surface area contributed by atoms with E-state index < -0.39 is 24.0 Å². The van der Waals surface area contributed by atoms with Gasteiger partial charge in [-0.05, 0) is 23.8 Å². The number of pyridine rings is 1. The van der Waals surface area contributed by atoms with Crippen LogP contribution in [-0.4, -0.2) is 45.2 Å². The minimum Gasteiger partial charge on any atom is -0.366 e. The predicted octanol–water partition coefficient (Wildman–Crippen LogP) is 3.72. The molecule has 3 heterocycles. The molecule has 1 saturated heterocycles. The average molecular weight is 394 g/mol. The number of nitrogens with one attached hydrogen (secondary N) is 1. The van der Waals surface area contributed by atoms with E-state index in [1.165, 1.54) is 12.1 Å². The molecule has 0 aliphatic carbocycles. The standard InChI is InChI=1S/C19H18F4N4O/c20-14-9-27(8-12-1-3-13(4-2-12)19(21,22)23)10-17(14)28-11-18-25-15-5-6-24-7-16(15)26-18/h1-7,14,17H,8-11H2,(H,25,26)/t14-,17+/m1/s1. The van der Waals surface area contributed by atoms with Crippen molar-refractivity contribution in [2.45, 2.75) is 31.6 Å². The quantitative estimate of drug-likeness (QED) is 0.671. The van der Waals surface area contributed by atoms with Gasteiger partial charge in [-0.25, -0.2) is 9.37 Å². The monoisotopic (exact) mass is 394 g/mol. The fourth-order valence-corrected chi connectivity index (χ4v) is 3.32. The third-order valence-corrected chi connectivity index (χ3v) is 4.73. The SMILES string of the molecule is F[C@@H]1CN(Cc2ccc(C(F)(F)F)cc2)C[C@@H]1OCc1nc2ccncc2[nH]1. The minimum atomic E-state index is -4.36. The topological polar surface area (TPSA) is 54.0 Å². The minimum absolute atomic E-state index is 0.147. The molecule has 0 radical (unpaired) electrons. The lowest BCUT2D eigenvalue weighted by Crippen LogP contribution is -2.24. The summed E-state index contributed by atoms with van der Waals surface area (Å²) >= 11 is 0. The van der Waals surface area contributed by atoms with Gasteiger partial charge in [0.2, 0.25) is 0 Å².